The van der Waals surface area contributed by atoms with E-state index in [4.69, 9.17) is 16.3 Å². The van der Waals surface area contributed by atoms with Gasteiger partial charge in [0.15, 0.2) is 0 Å². The Morgan fingerprint density at radius 3 is 2.78 bits per heavy atom. The number of hydrogen-bond donors (Lipinski definition) is 1. The molecule has 6 heteroatoms. The average Bonchev–Trinajstić information content (AvgIpc) is 2.55. The Bertz CT molecular complexity index is 649. The molecule has 0 aliphatic rings. The molecule has 0 fully saturated rings. The number of carbonyl (C=O) groups is 1. The van der Waals surface area contributed by atoms with Crippen molar-refractivity contribution in [3.8, 4) is 5.88 Å². The van der Waals surface area contributed by atoms with Gasteiger partial charge >= 0.3 is 0 Å². The molecule has 0 saturated carbocycles. The maximum Gasteiger partial charge on any atom is 0.233 e. The Hall–Kier alpha value is -1.72. The van der Waals surface area contributed by atoms with Crippen LogP contribution in [0.5, 0.6) is 5.88 Å². The number of nitrogens with zero attached hydrogens (tertiary/aromatic N) is 1. The van der Waals surface area contributed by atoms with Gasteiger partial charge in [0.1, 0.15) is 0 Å². The lowest BCUT2D eigenvalue weighted by atomic mass is 10.2. The zero-order valence-corrected chi connectivity index (χ0v) is 14.7. The van der Waals surface area contributed by atoms with Crippen LogP contribution in [0, 0.1) is 0 Å². The number of pyridine rings is 1. The fourth-order valence-electron chi connectivity index (χ4n) is 1.89. The van der Waals surface area contributed by atoms with E-state index >= 15 is 0 Å². The van der Waals surface area contributed by atoms with Crippen LogP contribution in [0.4, 0.5) is 0 Å². The maximum absolute atomic E-state index is 12.2. The van der Waals surface area contributed by atoms with Gasteiger partial charge in [0, 0.05) is 28.7 Å². The van der Waals surface area contributed by atoms with E-state index in [1.807, 2.05) is 50.2 Å². The topological polar surface area (TPSA) is 51.2 Å². The van der Waals surface area contributed by atoms with Crippen molar-refractivity contribution >= 4 is 29.3 Å². The first-order chi connectivity index (χ1) is 11.1. The first-order valence-corrected chi connectivity index (χ1v) is 8.62. The third-order valence-electron chi connectivity index (χ3n) is 3.05. The van der Waals surface area contributed by atoms with Crippen molar-refractivity contribution in [1.82, 2.24) is 10.3 Å². The van der Waals surface area contributed by atoms with Crippen molar-refractivity contribution in [2.24, 2.45) is 0 Å². The Morgan fingerprint density at radius 2 is 2.09 bits per heavy atom. The normalized spacial score (nSPS) is 11.8. The molecular formula is C17H19ClN2O2S. The number of benzene rings is 1. The number of amides is 1. The smallest absolute Gasteiger partial charge is 0.233 e. The number of halogens is 1. The quantitative estimate of drug-likeness (QED) is 0.769. The fraction of sp³-hybridized carbons (Fsp3) is 0.294. The minimum Gasteiger partial charge on any atom is -0.478 e. The molecule has 0 aliphatic carbocycles. The fourth-order valence-corrected chi connectivity index (χ4v) is 2.91. The SMILES string of the molecule is CCOc1cc(CNC(=O)C(C)Sc2ccc(Cl)cc2)ccn1. The Balaban J connectivity index is 1.86. The van der Waals surface area contributed by atoms with Gasteiger partial charge in [-0.05, 0) is 49.7 Å². The summed E-state index contributed by atoms with van der Waals surface area (Å²) in [5.41, 5.74) is 0.959. The van der Waals surface area contributed by atoms with Crippen LogP contribution in [0.15, 0.2) is 47.5 Å². The minimum absolute atomic E-state index is 0.0141. The van der Waals surface area contributed by atoms with E-state index in [0.29, 0.717) is 24.1 Å². The molecule has 4 nitrogen and oxygen atoms in total. The Morgan fingerprint density at radius 1 is 1.35 bits per heavy atom. The van der Waals surface area contributed by atoms with E-state index in [2.05, 4.69) is 10.3 Å². The highest BCUT2D eigenvalue weighted by Crippen LogP contribution is 2.24. The van der Waals surface area contributed by atoms with E-state index in [-0.39, 0.29) is 11.2 Å². The van der Waals surface area contributed by atoms with Crippen LogP contribution >= 0.6 is 23.4 Å². The van der Waals surface area contributed by atoms with Crippen LogP contribution in [0.2, 0.25) is 5.02 Å². The third kappa shape index (κ3) is 5.77. The van der Waals surface area contributed by atoms with Crippen LogP contribution < -0.4 is 10.1 Å². The van der Waals surface area contributed by atoms with Crippen LogP contribution in [-0.4, -0.2) is 22.7 Å². The van der Waals surface area contributed by atoms with E-state index in [9.17, 15) is 4.79 Å². The number of ether oxygens (including phenoxy) is 1. The number of rotatable bonds is 7. The van der Waals surface area contributed by atoms with Gasteiger partial charge < -0.3 is 10.1 Å². The summed E-state index contributed by atoms with van der Waals surface area (Å²) < 4.78 is 5.35. The lowest BCUT2D eigenvalue weighted by Gasteiger charge is -2.12. The van der Waals surface area contributed by atoms with Gasteiger partial charge in [0.2, 0.25) is 11.8 Å². The van der Waals surface area contributed by atoms with E-state index in [0.717, 1.165) is 10.5 Å². The molecule has 0 aliphatic heterocycles. The zero-order chi connectivity index (χ0) is 16.7. The van der Waals surface area contributed by atoms with Crippen molar-refractivity contribution < 1.29 is 9.53 Å². The number of nitrogens with one attached hydrogen (secondary N) is 1. The van der Waals surface area contributed by atoms with E-state index in [1.54, 1.807) is 6.20 Å². The number of thioether (sulfide) groups is 1. The van der Waals surface area contributed by atoms with Gasteiger partial charge in [0.05, 0.1) is 11.9 Å². The largest absolute Gasteiger partial charge is 0.478 e. The molecule has 23 heavy (non-hydrogen) atoms. The average molecular weight is 351 g/mol. The monoisotopic (exact) mass is 350 g/mol. The van der Waals surface area contributed by atoms with Gasteiger partial charge in [-0.25, -0.2) is 4.98 Å². The first kappa shape index (κ1) is 17.6. The molecule has 0 radical (unpaired) electrons. The second-order valence-electron chi connectivity index (χ2n) is 4.87. The summed E-state index contributed by atoms with van der Waals surface area (Å²) in [6, 6.07) is 11.2. The third-order valence-corrected chi connectivity index (χ3v) is 4.42. The maximum atomic E-state index is 12.2. The summed E-state index contributed by atoms with van der Waals surface area (Å²) in [5.74, 6) is 0.558. The highest BCUT2D eigenvalue weighted by Gasteiger charge is 2.14. The molecule has 0 saturated heterocycles. The number of aromatic nitrogens is 1. The second-order valence-corrected chi connectivity index (χ2v) is 6.72. The van der Waals surface area contributed by atoms with Gasteiger partial charge in [0.25, 0.3) is 0 Å². The van der Waals surface area contributed by atoms with Crippen LogP contribution in [0.1, 0.15) is 19.4 Å². The zero-order valence-electron chi connectivity index (χ0n) is 13.1. The van der Waals surface area contributed by atoms with E-state index < -0.39 is 0 Å². The van der Waals surface area contributed by atoms with Crippen LogP contribution in [0.3, 0.4) is 0 Å². The van der Waals surface area contributed by atoms with E-state index in [1.165, 1.54) is 11.8 Å². The van der Waals surface area contributed by atoms with Crippen molar-refractivity contribution in [1.29, 1.82) is 0 Å². The van der Waals surface area contributed by atoms with Crippen molar-refractivity contribution in [3.05, 3.63) is 53.2 Å². The molecule has 2 rings (SSSR count). The van der Waals surface area contributed by atoms with Gasteiger partial charge in [-0.2, -0.15) is 0 Å². The van der Waals surface area contributed by atoms with Crippen molar-refractivity contribution in [3.63, 3.8) is 0 Å². The molecule has 1 amide bonds. The summed E-state index contributed by atoms with van der Waals surface area (Å²) in [6.45, 7) is 4.81. The predicted molar refractivity (Wildman–Crippen MR) is 94.0 cm³/mol. The standard InChI is InChI=1S/C17H19ClN2O2S/c1-3-22-16-10-13(8-9-19-16)11-20-17(21)12(2)23-15-6-4-14(18)5-7-15/h4-10,12H,3,11H2,1-2H3,(H,20,21). The number of hydrogen-bond acceptors (Lipinski definition) is 4. The van der Waals surface area contributed by atoms with Gasteiger partial charge in [-0.3, -0.25) is 4.79 Å². The lowest BCUT2D eigenvalue weighted by molar-refractivity contribution is -0.120. The van der Waals surface area contributed by atoms with Gasteiger partial charge in [-0.1, -0.05) is 11.6 Å². The Kier molecular flexibility index (Phi) is 6.74. The molecule has 122 valence electrons. The summed E-state index contributed by atoms with van der Waals surface area (Å²) in [4.78, 5) is 17.3. The highest BCUT2D eigenvalue weighted by molar-refractivity contribution is 8.00. The summed E-state index contributed by atoms with van der Waals surface area (Å²) in [6.07, 6.45) is 1.68. The van der Waals surface area contributed by atoms with Crippen LogP contribution in [-0.2, 0) is 11.3 Å². The van der Waals surface area contributed by atoms with Crippen molar-refractivity contribution in [2.75, 3.05) is 6.61 Å². The van der Waals surface area contributed by atoms with Gasteiger partial charge in [-0.15, -0.1) is 11.8 Å². The molecule has 1 aromatic carbocycles. The molecule has 0 spiro atoms. The Labute approximate surface area is 145 Å². The second kappa shape index (κ2) is 8.79. The van der Waals surface area contributed by atoms with Crippen LogP contribution in [0.25, 0.3) is 0 Å². The number of carbonyl (C=O) groups excluding carboxylic acids is 1. The molecule has 0 bridgehead atoms. The summed E-state index contributed by atoms with van der Waals surface area (Å²) >= 11 is 7.36. The molecule has 1 atom stereocenters. The summed E-state index contributed by atoms with van der Waals surface area (Å²) in [5, 5.41) is 3.43. The molecule has 1 heterocycles. The molecule has 1 N–H and O–H groups in total. The molecule has 2 aromatic rings. The molecule has 1 unspecified atom stereocenters. The predicted octanol–water partition coefficient (Wildman–Crippen LogP) is 3.93. The lowest BCUT2D eigenvalue weighted by Crippen LogP contribution is -2.30. The minimum atomic E-state index is -0.190. The first-order valence-electron chi connectivity index (χ1n) is 7.36. The molecular weight excluding hydrogens is 332 g/mol. The highest BCUT2D eigenvalue weighted by atomic mass is 35.5. The summed E-state index contributed by atoms with van der Waals surface area (Å²) in [7, 11) is 0. The molecule has 1 aromatic heterocycles. The van der Waals surface area contributed by atoms with Crippen molar-refractivity contribution in [2.45, 2.75) is 30.5 Å².